The average molecular weight is 1340 g/mol. The Morgan fingerprint density at radius 2 is 1.26 bits per heavy atom. The minimum atomic E-state index is -5.19. The number of carboxylic acid groups (broad SMARTS) is 1. The molecule has 7 N–H and O–H groups in total. The summed E-state index contributed by atoms with van der Waals surface area (Å²) in [7, 11) is 0. The van der Waals surface area contributed by atoms with Gasteiger partial charge in [0, 0.05) is 34.0 Å². The number of H-pyrrole nitrogens is 2. The fourth-order valence-corrected chi connectivity index (χ4v) is 4.18. The maximum Gasteiger partial charge on any atom is 0.0459 e. The first kappa shape index (κ1) is 46.1. The number of alkyl halides is 3. The number of carbonyl (C=O) groups excluding carboxylic acids is 1. The summed E-state index contributed by atoms with van der Waals surface area (Å²) in [5.41, 5.74) is 33.3. The Morgan fingerprint density at radius 3 is 1.70 bits per heavy atom. The Bertz CT molecular complexity index is 1290. The van der Waals surface area contributed by atoms with Crippen molar-refractivity contribution in [3.63, 3.8) is 0 Å². The number of benzene rings is 2. The molecule has 46 heavy (non-hydrogen) atoms. The zero-order valence-corrected chi connectivity index (χ0v) is 35.4. The van der Waals surface area contributed by atoms with E-state index in [0.717, 1.165) is 39.0 Å². The molecular formula is C28H35F3I3N8O2Pt2-4. The summed E-state index contributed by atoms with van der Waals surface area (Å²) in [6.07, 6.45) is -2.95. The van der Waals surface area contributed by atoms with Crippen LogP contribution in [0.5, 0.6) is 0 Å². The molecule has 10 nitrogen and oxygen atoms in total. The van der Waals surface area contributed by atoms with Gasteiger partial charge in [0.1, 0.15) is 5.97 Å². The number of aromatic amines is 2. The van der Waals surface area contributed by atoms with Crippen molar-refractivity contribution in [1.29, 1.82) is 0 Å². The van der Waals surface area contributed by atoms with Crippen LogP contribution in [0.1, 0.15) is 22.5 Å². The predicted octanol–water partition coefficient (Wildman–Crippen LogP) is 8.54. The predicted molar refractivity (Wildman–Crippen MR) is 198 cm³/mol. The average Bonchev–Trinajstić information content (AvgIpc) is 3.65. The maximum atomic E-state index is 10.5. The van der Waals surface area contributed by atoms with E-state index in [9.17, 15) is 13.2 Å². The monoisotopic (exact) mass is 1340 g/mol. The van der Waals surface area contributed by atoms with Crippen LogP contribution in [0, 0.1) is 0 Å². The van der Waals surface area contributed by atoms with Crippen LogP contribution in [0.4, 0.5) is 13.2 Å². The molecular weight excluding hydrogens is 1310 g/mol. The number of rotatable bonds is 2. The third kappa shape index (κ3) is 17.7. The second-order valence-corrected chi connectivity index (χ2v) is 25.5. The molecule has 0 fully saturated rings. The third-order valence-corrected chi connectivity index (χ3v) is 5.93. The van der Waals surface area contributed by atoms with Gasteiger partial charge in [-0.2, -0.15) is 39.4 Å². The van der Waals surface area contributed by atoms with Gasteiger partial charge in [-0.3, -0.25) is 0 Å². The summed E-state index contributed by atoms with van der Waals surface area (Å²) in [4.78, 5) is 15.7. The Labute approximate surface area is 318 Å². The fourth-order valence-electron chi connectivity index (χ4n) is 4.18. The van der Waals surface area contributed by atoms with Crippen LogP contribution in [-0.2, 0) is 58.1 Å². The molecule has 0 bridgehead atoms. The van der Waals surface area contributed by atoms with E-state index in [2.05, 4.69) is 143 Å². The van der Waals surface area contributed by atoms with Gasteiger partial charge in [-0.25, -0.2) is 0 Å². The van der Waals surface area contributed by atoms with E-state index in [-0.39, 0.29) is 26.2 Å². The van der Waals surface area contributed by atoms with Crippen molar-refractivity contribution < 1.29 is 50.4 Å². The van der Waals surface area contributed by atoms with E-state index in [0.29, 0.717) is 11.2 Å². The summed E-state index contributed by atoms with van der Waals surface area (Å²) in [6.45, 7) is 4.89. The number of nitrogens with zero attached hydrogens (tertiary/aromatic N) is 1. The first-order chi connectivity index (χ1) is 22.1. The number of carbonyl (C=O) groups is 1. The molecule has 0 amide bonds. The van der Waals surface area contributed by atoms with Crippen LogP contribution in [0.15, 0.2) is 48.5 Å². The molecule has 0 saturated heterocycles. The standard InChI is InChI=1S/C11H12N2.C11H11N2.C2HF3O2.2C2H6N2.3HI.2Pt/c2*1-2-4-10-8(3-1)9-5-6-12-7-11(9)13-10;3-2(4,5)1(6)7;2*3-1-2-4;;;;;/h1-4,12-13H,5-7H2;1-4,13H,5-7H2;(H,6,7);2*3-4H,1-2H2;3*1H;;/q;-1;;2*-2;;;;+1;+4/p-4. The van der Waals surface area contributed by atoms with E-state index in [1.54, 1.807) is 0 Å². The Balaban J connectivity index is 0.000000574. The molecule has 2 aliphatic heterocycles. The van der Waals surface area contributed by atoms with Gasteiger partial charge in [-0.15, -0.1) is 13.1 Å². The summed E-state index contributed by atoms with van der Waals surface area (Å²) in [5, 5.41) is 19.3. The van der Waals surface area contributed by atoms with Crippen LogP contribution < -0.4 is 10.4 Å². The Hall–Kier alpha value is 0.107. The third-order valence-electron chi connectivity index (χ3n) is 5.93. The minimum absolute atomic E-state index is 0.236. The molecule has 18 heteroatoms. The SMILES string of the molecule is O=C([O-])C(F)(F)F.[I][Pt+2][I].[I][Pt].[NH-]CC[NH-].[NH-]CC[NH-].c1ccc2c3c([nH]c2c1)CNCC3.c1ccc2c3c([nH]c2c1)C[N-]CC3. The maximum absolute atomic E-state index is 10.5. The van der Waals surface area contributed by atoms with Crippen LogP contribution in [0.2, 0.25) is 0 Å². The number of para-hydroxylation sites is 2. The molecule has 0 atom stereocenters. The smallest absolute Gasteiger partial charge is 0.0459 e. The molecule has 2 aromatic heterocycles. The van der Waals surface area contributed by atoms with Gasteiger partial charge in [0.05, 0.1) is 0 Å². The van der Waals surface area contributed by atoms with E-state index < -0.39 is 12.1 Å². The Morgan fingerprint density at radius 1 is 0.848 bits per heavy atom. The van der Waals surface area contributed by atoms with Gasteiger partial charge in [-0.05, 0) is 48.3 Å². The molecule has 265 valence electrons. The van der Waals surface area contributed by atoms with Gasteiger partial charge in [0.15, 0.2) is 0 Å². The van der Waals surface area contributed by atoms with Crippen molar-refractivity contribution in [1.82, 2.24) is 15.3 Å². The van der Waals surface area contributed by atoms with Crippen LogP contribution in [0.3, 0.4) is 0 Å². The number of hydrogen-bond acceptors (Lipinski definition) is 3. The molecule has 0 spiro atoms. The van der Waals surface area contributed by atoms with Crippen LogP contribution in [0.25, 0.3) is 50.1 Å². The van der Waals surface area contributed by atoms with Gasteiger partial charge in [-0.1, -0.05) is 36.4 Å². The van der Waals surface area contributed by atoms with Crippen molar-refractivity contribution in [2.75, 3.05) is 39.3 Å². The Kier molecular flexibility index (Phi) is 27.9. The summed E-state index contributed by atoms with van der Waals surface area (Å²) >= 11 is 9.53. The van der Waals surface area contributed by atoms with E-state index in [1.165, 1.54) is 44.3 Å². The first-order valence-electron chi connectivity index (χ1n) is 13.4. The second kappa shape index (κ2) is 27.9. The summed E-state index contributed by atoms with van der Waals surface area (Å²) in [5.74, 6) is -3.01. The largest absolute Gasteiger partial charge is 0.679 e. The number of nitrogens with one attached hydrogen (secondary N) is 7. The molecule has 4 aromatic rings. The number of carboxylic acids is 1. The number of aliphatic carboxylic acids is 1. The van der Waals surface area contributed by atoms with Gasteiger partial charge in [0.2, 0.25) is 0 Å². The first-order valence-corrected chi connectivity index (χ1v) is 32.7. The van der Waals surface area contributed by atoms with Crippen molar-refractivity contribution in [3.05, 3.63) is 99.3 Å². The summed E-state index contributed by atoms with van der Waals surface area (Å²) in [6, 6.07) is 17.0. The number of fused-ring (bicyclic) bond motifs is 6. The van der Waals surface area contributed by atoms with Crippen molar-refractivity contribution >= 4 is 85.8 Å². The van der Waals surface area contributed by atoms with E-state index >= 15 is 0 Å². The minimum Gasteiger partial charge on any atom is -0.679 e. The second-order valence-electron chi connectivity index (χ2n) is 8.87. The molecule has 2 aromatic carbocycles. The molecule has 0 aliphatic carbocycles. The van der Waals surface area contributed by atoms with Gasteiger partial charge in [0.25, 0.3) is 0 Å². The zero-order chi connectivity index (χ0) is 35.0. The number of halogens is 6. The van der Waals surface area contributed by atoms with Crippen molar-refractivity contribution in [3.8, 4) is 0 Å². The molecule has 0 radical (unpaired) electrons. The number of aromatic nitrogens is 2. The fraction of sp³-hybridized carbons (Fsp3) is 0.393. The molecule has 6 rings (SSSR count). The van der Waals surface area contributed by atoms with Gasteiger partial charge < -0.3 is 53.4 Å². The quantitative estimate of drug-likeness (QED) is 0.170. The normalized spacial score (nSPS) is 12.7. The van der Waals surface area contributed by atoms with Crippen molar-refractivity contribution in [2.24, 2.45) is 0 Å². The molecule has 0 saturated carbocycles. The van der Waals surface area contributed by atoms with E-state index in [1.807, 2.05) is 0 Å². The topological polar surface area (TPSA) is 193 Å². The zero-order valence-electron chi connectivity index (χ0n) is 24.4. The van der Waals surface area contributed by atoms with Crippen LogP contribution >= 0.6 is 58.1 Å². The van der Waals surface area contributed by atoms with Crippen LogP contribution in [-0.4, -0.2) is 61.4 Å². The van der Waals surface area contributed by atoms with E-state index in [4.69, 9.17) is 32.8 Å². The summed E-state index contributed by atoms with van der Waals surface area (Å²) < 4.78 is 31.5. The molecule has 2 aliphatic rings. The molecule has 0 unspecified atom stereocenters. The van der Waals surface area contributed by atoms with Crippen molar-refractivity contribution in [2.45, 2.75) is 32.1 Å². The molecule has 4 heterocycles. The van der Waals surface area contributed by atoms with Gasteiger partial charge >= 0.3 is 91.6 Å². The number of hydrogen-bond donors (Lipinski definition) is 3.